The number of hydrogen-bond acceptors (Lipinski definition) is 5. The Morgan fingerprint density at radius 3 is 2.55 bits per heavy atom. The molecule has 3 rings (SSSR count). The molecule has 6 heteroatoms. The van der Waals surface area contributed by atoms with E-state index in [0.717, 1.165) is 42.5 Å². The van der Waals surface area contributed by atoms with Crippen molar-refractivity contribution in [2.24, 2.45) is 0 Å². The van der Waals surface area contributed by atoms with Gasteiger partial charge in [-0.05, 0) is 54.3 Å². The van der Waals surface area contributed by atoms with Crippen LogP contribution in [0.4, 0.5) is 11.4 Å². The molecule has 0 unspecified atom stereocenters. The third-order valence-corrected chi connectivity index (χ3v) is 7.98. The van der Waals surface area contributed by atoms with E-state index in [1.807, 2.05) is 55.4 Å². The number of nitrogens with zero attached hydrogens (tertiary/aromatic N) is 1. The number of nitrogen functional groups attached to an aromatic ring is 1. The lowest BCUT2D eigenvalue weighted by Crippen LogP contribution is -2.50. The van der Waals surface area contributed by atoms with Crippen LogP contribution in [0.3, 0.4) is 0 Å². The molecule has 2 aromatic carbocycles. The van der Waals surface area contributed by atoms with Crippen LogP contribution >= 0.6 is 0 Å². The quantitative estimate of drug-likeness (QED) is 0.694. The van der Waals surface area contributed by atoms with Crippen LogP contribution in [0.25, 0.3) is 0 Å². The van der Waals surface area contributed by atoms with Crippen LogP contribution in [-0.4, -0.2) is 33.8 Å². The summed E-state index contributed by atoms with van der Waals surface area (Å²) >= 11 is 0. The number of unbranched alkanes of at least 4 members (excludes halogenated alkanes) is 1. The van der Waals surface area contributed by atoms with Crippen LogP contribution in [-0.2, 0) is 9.84 Å². The predicted octanol–water partition coefficient (Wildman–Crippen LogP) is 4.14. The number of anilines is 2. The summed E-state index contributed by atoms with van der Waals surface area (Å²) in [6.45, 7) is 4.22. The third kappa shape index (κ3) is 4.43. The highest BCUT2D eigenvalue weighted by molar-refractivity contribution is 7.91. The van der Waals surface area contributed by atoms with Crippen LogP contribution in [0.2, 0.25) is 0 Å². The molecule has 0 aliphatic carbocycles. The molecule has 1 aliphatic heterocycles. The van der Waals surface area contributed by atoms with Crippen molar-refractivity contribution in [2.45, 2.75) is 56.0 Å². The third-order valence-electron chi connectivity index (χ3n) is 6.00. The first-order valence-electron chi connectivity index (χ1n) is 10.4. The largest absolute Gasteiger partial charge is 0.399 e. The van der Waals surface area contributed by atoms with Gasteiger partial charge in [0.05, 0.1) is 16.7 Å². The van der Waals surface area contributed by atoms with Crippen molar-refractivity contribution >= 4 is 21.2 Å². The number of nitrogens with one attached hydrogen (secondary N) is 1. The zero-order valence-corrected chi connectivity index (χ0v) is 18.7. The Labute approximate surface area is 175 Å². The fourth-order valence-corrected chi connectivity index (χ4v) is 6.36. The molecular formula is C23H33N3O2S. The summed E-state index contributed by atoms with van der Waals surface area (Å²) in [4.78, 5) is 2.42. The van der Waals surface area contributed by atoms with Gasteiger partial charge in [0.25, 0.3) is 0 Å². The fraction of sp³-hybridized carbons (Fsp3) is 0.478. The van der Waals surface area contributed by atoms with Gasteiger partial charge in [-0.15, -0.1) is 0 Å². The van der Waals surface area contributed by atoms with Crippen LogP contribution in [0.1, 0.15) is 56.7 Å². The smallest absolute Gasteiger partial charge is 0.180 e. The molecule has 1 aliphatic rings. The van der Waals surface area contributed by atoms with Crippen molar-refractivity contribution in [1.82, 2.24) is 5.32 Å². The first kappa shape index (κ1) is 21.7. The van der Waals surface area contributed by atoms with Crippen molar-refractivity contribution in [2.75, 3.05) is 30.5 Å². The van der Waals surface area contributed by atoms with Crippen molar-refractivity contribution in [3.63, 3.8) is 0 Å². The first-order valence-corrected chi connectivity index (χ1v) is 12.0. The monoisotopic (exact) mass is 415 g/mol. The maximum atomic E-state index is 13.5. The summed E-state index contributed by atoms with van der Waals surface area (Å²) in [7, 11) is 0.497. The lowest BCUT2D eigenvalue weighted by Gasteiger charge is -2.36. The lowest BCUT2D eigenvalue weighted by molar-refractivity contribution is 0.295. The minimum absolute atomic E-state index is 0.115. The molecule has 158 valence electrons. The molecule has 0 saturated heterocycles. The highest BCUT2D eigenvalue weighted by Crippen LogP contribution is 2.39. The molecular weight excluding hydrogens is 382 g/mol. The van der Waals surface area contributed by atoms with E-state index in [1.54, 1.807) is 6.07 Å². The van der Waals surface area contributed by atoms with Crippen LogP contribution in [0, 0.1) is 0 Å². The standard InChI is InChI=1S/C23H33N3O2S/c1-5-7-13-23(6-2)16-29(27,28)21-12-11-19(26(3)4)15-20(21)22(25-23)17-9-8-10-18(24)14-17/h8-12,14-15,22,25H,5-7,13,16,24H2,1-4H3/t22-,23-/m1/s1. The summed E-state index contributed by atoms with van der Waals surface area (Å²) in [6, 6.07) is 13.2. The first-order chi connectivity index (χ1) is 13.7. The number of nitrogens with two attached hydrogens (primary N) is 1. The second kappa shape index (κ2) is 8.36. The van der Waals surface area contributed by atoms with Gasteiger partial charge in [0.2, 0.25) is 0 Å². The van der Waals surface area contributed by atoms with Gasteiger partial charge in [-0.1, -0.05) is 38.8 Å². The van der Waals surface area contributed by atoms with Gasteiger partial charge in [0, 0.05) is 31.0 Å². The predicted molar refractivity (Wildman–Crippen MR) is 121 cm³/mol. The molecule has 0 aromatic heterocycles. The summed E-state index contributed by atoms with van der Waals surface area (Å²) in [5, 5.41) is 3.78. The van der Waals surface area contributed by atoms with E-state index in [9.17, 15) is 8.42 Å². The van der Waals surface area contributed by atoms with E-state index in [0.29, 0.717) is 10.6 Å². The van der Waals surface area contributed by atoms with E-state index in [1.165, 1.54) is 0 Å². The molecule has 1 heterocycles. The molecule has 29 heavy (non-hydrogen) atoms. The van der Waals surface area contributed by atoms with Gasteiger partial charge in [0.15, 0.2) is 9.84 Å². The van der Waals surface area contributed by atoms with Crippen molar-refractivity contribution in [3.8, 4) is 0 Å². The van der Waals surface area contributed by atoms with E-state index in [2.05, 4.69) is 19.2 Å². The maximum absolute atomic E-state index is 13.5. The molecule has 2 aromatic rings. The summed E-state index contributed by atoms with van der Waals surface area (Å²) < 4.78 is 27.0. The van der Waals surface area contributed by atoms with Gasteiger partial charge in [-0.3, -0.25) is 5.32 Å². The second-order valence-corrected chi connectivity index (χ2v) is 10.3. The normalized spacial score (nSPS) is 23.2. The molecule has 0 saturated carbocycles. The van der Waals surface area contributed by atoms with Crippen molar-refractivity contribution in [3.05, 3.63) is 53.6 Å². The Balaban J connectivity index is 2.25. The number of rotatable bonds is 6. The minimum Gasteiger partial charge on any atom is -0.399 e. The number of sulfone groups is 1. The highest BCUT2D eigenvalue weighted by atomic mass is 32.2. The Morgan fingerprint density at radius 2 is 1.93 bits per heavy atom. The van der Waals surface area contributed by atoms with Crippen molar-refractivity contribution < 1.29 is 8.42 Å². The molecule has 3 N–H and O–H groups in total. The number of fused-ring (bicyclic) bond motifs is 1. The average Bonchev–Trinajstić information content (AvgIpc) is 2.78. The van der Waals surface area contributed by atoms with Gasteiger partial charge < -0.3 is 10.6 Å². The van der Waals surface area contributed by atoms with Crippen LogP contribution < -0.4 is 16.0 Å². The van der Waals surface area contributed by atoms with Gasteiger partial charge in [0.1, 0.15) is 0 Å². The van der Waals surface area contributed by atoms with Crippen LogP contribution in [0.15, 0.2) is 47.4 Å². The topological polar surface area (TPSA) is 75.4 Å². The highest BCUT2D eigenvalue weighted by Gasteiger charge is 2.41. The summed E-state index contributed by atoms with van der Waals surface area (Å²) in [5.41, 5.74) is 9.06. The van der Waals surface area contributed by atoms with Crippen molar-refractivity contribution in [1.29, 1.82) is 0 Å². The molecule has 0 amide bonds. The van der Waals surface area contributed by atoms with E-state index in [-0.39, 0.29) is 11.8 Å². The molecule has 0 fully saturated rings. The Kier molecular flexibility index (Phi) is 6.24. The van der Waals surface area contributed by atoms with Gasteiger partial charge >= 0.3 is 0 Å². The van der Waals surface area contributed by atoms with E-state index < -0.39 is 15.4 Å². The minimum atomic E-state index is -3.43. The SMILES string of the molecule is CCCC[C@]1(CC)CS(=O)(=O)c2ccc(N(C)C)cc2[C@@H](c2cccc(N)c2)N1. The summed E-state index contributed by atoms with van der Waals surface area (Å²) in [6.07, 6.45) is 3.59. The maximum Gasteiger partial charge on any atom is 0.180 e. The van der Waals surface area contributed by atoms with E-state index in [4.69, 9.17) is 5.73 Å². The summed E-state index contributed by atoms with van der Waals surface area (Å²) in [5.74, 6) is 0.115. The average molecular weight is 416 g/mol. The molecule has 5 nitrogen and oxygen atoms in total. The molecule has 2 atom stereocenters. The van der Waals surface area contributed by atoms with Gasteiger partial charge in [-0.2, -0.15) is 0 Å². The van der Waals surface area contributed by atoms with Gasteiger partial charge in [-0.25, -0.2) is 8.42 Å². The lowest BCUT2D eigenvalue weighted by atomic mass is 9.88. The van der Waals surface area contributed by atoms with E-state index >= 15 is 0 Å². The zero-order valence-electron chi connectivity index (χ0n) is 17.9. The second-order valence-electron chi connectivity index (χ2n) is 8.36. The Bertz CT molecular complexity index is 972. The van der Waals surface area contributed by atoms with Crippen LogP contribution in [0.5, 0.6) is 0 Å². The molecule has 0 bridgehead atoms. The number of hydrogen-bond donors (Lipinski definition) is 2. The fourth-order valence-electron chi connectivity index (χ4n) is 4.23. The Hall–Kier alpha value is -2.05. The molecule has 0 spiro atoms. The Morgan fingerprint density at radius 1 is 1.17 bits per heavy atom. The number of benzene rings is 2. The zero-order chi connectivity index (χ0) is 21.2. The molecule has 0 radical (unpaired) electrons.